The van der Waals surface area contributed by atoms with Crippen LogP contribution in [0.2, 0.25) is 0 Å². The predicted molar refractivity (Wildman–Crippen MR) is 81.8 cm³/mol. The molecule has 0 saturated carbocycles. The topological polar surface area (TPSA) is 46.3 Å². The lowest BCUT2D eigenvalue weighted by Crippen LogP contribution is -2.39. The lowest BCUT2D eigenvalue weighted by Gasteiger charge is -2.28. The first-order valence-corrected chi connectivity index (χ1v) is 8.30. The van der Waals surface area contributed by atoms with E-state index in [1.807, 2.05) is 11.9 Å². The van der Waals surface area contributed by atoms with E-state index in [-0.39, 0.29) is 5.91 Å². The number of rotatable bonds is 9. The summed E-state index contributed by atoms with van der Waals surface area (Å²) in [6, 6.07) is 0.352. The Morgan fingerprint density at radius 2 is 2.00 bits per heavy atom. The van der Waals surface area contributed by atoms with Crippen LogP contribution in [0.3, 0.4) is 0 Å². The molecule has 0 heterocycles. The van der Waals surface area contributed by atoms with Crippen molar-refractivity contribution in [1.82, 2.24) is 4.90 Å². The molecule has 18 heavy (non-hydrogen) atoms. The first-order chi connectivity index (χ1) is 8.46. The van der Waals surface area contributed by atoms with Crippen LogP contribution in [0, 0.1) is 11.8 Å². The van der Waals surface area contributed by atoms with Crippen LogP contribution in [0.15, 0.2) is 0 Å². The fourth-order valence-electron chi connectivity index (χ4n) is 2.22. The summed E-state index contributed by atoms with van der Waals surface area (Å²) in [5.74, 6) is 2.18. The van der Waals surface area contributed by atoms with E-state index in [0.29, 0.717) is 30.8 Å². The molecule has 1 amide bonds. The minimum absolute atomic E-state index is 0.243. The smallest absolute Gasteiger partial charge is 0.222 e. The standard InChI is InChI=1S/C14H30N2OS/c1-6-13(10-18-5)16(4)14(17)8-12(9-15)7-11(2)3/h11-13H,6-10,15H2,1-5H3. The third-order valence-electron chi connectivity index (χ3n) is 3.37. The molecule has 0 fully saturated rings. The van der Waals surface area contributed by atoms with Crippen molar-refractivity contribution in [1.29, 1.82) is 0 Å². The van der Waals surface area contributed by atoms with Crippen molar-refractivity contribution >= 4 is 17.7 Å². The molecule has 0 spiro atoms. The summed E-state index contributed by atoms with van der Waals surface area (Å²) in [7, 11) is 1.93. The van der Waals surface area contributed by atoms with Gasteiger partial charge >= 0.3 is 0 Å². The Kier molecular flexibility index (Phi) is 9.56. The van der Waals surface area contributed by atoms with Crippen LogP contribution in [-0.4, -0.2) is 42.4 Å². The maximum atomic E-state index is 12.2. The normalized spacial score (nSPS) is 14.6. The molecule has 0 saturated heterocycles. The van der Waals surface area contributed by atoms with Gasteiger partial charge in [0.15, 0.2) is 0 Å². The van der Waals surface area contributed by atoms with Crippen LogP contribution in [0.5, 0.6) is 0 Å². The number of hydrogen-bond donors (Lipinski definition) is 1. The van der Waals surface area contributed by atoms with Gasteiger partial charge in [-0.1, -0.05) is 20.8 Å². The molecular formula is C14H30N2OS. The summed E-state index contributed by atoms with van der Waals surface area (Å²) >= 11 is 1.80. The Balaban J connectivity index is 4.34. The van der Waals surface area contributed by atoms with Crippen LogP contribution in [0.4, 0.5) is 0 Å². The molecule has 3 nitrogen and oxygen atoms in total. The molecule has 108 valence electrons. The summed E-state index contributed by atoms with van der Waals surface area (Å²) in [5, 5.41) is 0. The molecule has 0 aromatic heterocycles. The molecule has 0 aliphatic rings. The van der Waals surface area contributed by atoms with Crippen LogP contribution in [-0.2, 0) is 4.79 Å². The summed E-state index contributed by atoms with van der Waals surface area (Å²) in [6.07, 6.45) is 4.73. The van der Waals surface area contributed by atoms with Crippen molar-refractivity contribution in [2.75, 3.05) is 25.6 Å². The number of carbonyl (C=O) groups excluding carboxylic acids is 1. The van der Waals surface area contributed by atoms with Crippen molar-refractivity contribution < 1.29 is 4.79 Å². The third-order valence-corrected chi connectivity index (χ3v) is 4.09. The zero-order chi connectivity index (χ0) is 14.1. The van der Waals surface area contributed by atoms with Gasteiger partial charge in [-0.25, -0.2) is 0 Å². The van der Waals surface area contributed by atoms with Gasteiger partial charge in [0.05, 0.1) is 0 Å². The Labute approximate surface area is 117 Å². The number of thioether (sulfide) groups is 1. The largest absolute Gasteiger partial charge is 0.342 e. The molecule has 0 rings (SSSR count). The summed E-state index contributed by atoms with van der Waals surface area (Å²) in [5.41, 5.74) is 5.76. The maximum absolute atomic E-state index is 12.2. The van der Waals surface area contributed by atoms with Crippen molar-refractivity contribution in [2.45, 2.75) is 46.1 Å². The van der Waals surface area contributed by atoms with E-state index in [1.165, 1.54) is 0 Å². The van der Waals surface area contributed by atoms with E-state index in [2.05, 4.69) is 27.0 Å². The molecular weight excluding hydrogens is 244 g/mol. The average molecular weight is 274 g/mol. The van der Waals surface area contributed by atoms with E-state index in [0.717, 1.165) is 18.6 Å². The Morgan fingerprint density at radius 3 is 2.39 bits per heavy atom. The molecule has 4 heteroatoms. The van der Waals surface area contributed by atoms with Gasteiger partial charge in [0.1, 0.15) is 0 Å². The fraction of sp³-hybridized carbons (Fsp3) is 0.929. The lowest BCUT2D eigenvalue weighted by atomic mass is 9.93. The highest BCUT2D eigenvalue weighted by Gasteiger charge is 2.21. The minimum Gasteiger partial charge on any atom is -0.342 e. The second-order valence-corrected chi connectivity index (χ2v) is 6.37. The Hall–Kier alpha value is -0.220. The number of nitrogens with zero attached hydrogens (tertiary/aromatic N) is 1. The van der Waals surface area contributed by atoms with Gasteiger partial charge in [-0.3, -0.25) is 4.79 Å². The number of nitrogens with two attached hydrogens (primary N) is 1. The van der Waals surface area contributed by atoms with E-state index >= 15 is 0 Å². The van der Waals surface area contributed by atoms with E-state index in [4.69, 9.17) is 5.73 Å². The highest BCUT2D eigenvalue weighted by atomic mass is 32.2. The molecule has 2 N–H and O–H groups in total. The summed E-state index contributed by atoms with van der Waals surface area (Å²) < 4.78 is 0. The summed E-state index contributed by atoms with van der Waals surface area (Å²) in [4.78, 5) is 14.1. The molecule has 0 aromatic carbocycles. The van der Waals surface area contributed by atoms with E-state index in [1.54, 1.807) is 11.8 Å². The van der Waals surface area contributed by atoms with E-state index < -0.39 is 0 Å². The Morgan fingerprint density at radius 1 is 1.39 bits per heavy atom. The third kappa shape index (κ3) is 6.64. The minimum atomic E-state index is 0.243. The van der Waals surface area contributed by atoms with Gasteiger partial charge in [-0.2, -0.15) is 11.8 Å². The summed E-state index contributed by atoms with van der Waals surface area (Å²) in [6.45, 7) is 7.11. The Bertz CT molecular complexity index is 234. The van der Waals surface area contributed by atoms with Crippen molar-refractivity contribution in [3.05, 3.63) is 0 Å². The zero-order valence-corrected chi connectivity index (χ0v) is 13.4. The van der Waals surface area contributed by atoms with Crippen LogP contribution in [0.25, 0.3) is 0 Å². The zero-order valence-electron chi connectivity index (χ0n) is 12.6. The molecule has 2 unspecified atom stereocenters. The first kappa shape index (κ1) is 17.8. The molecule has 0 bridgehead atoms. The van der Waals surface area contributed by atoms with Gasteiger partial charge in [-0.05, 0) is 37.5 Å². The van der Waals surface area contributed by atoms with Gasteiger partial charge < -0.3 is 10.6 Å². The second-order valence-electron chi connectivity index (χ2n) is 5.46. The average Bonchev–Trinajstić information content (AvgIpc) is 2.33. The van der Waals surface area contributed by atoms with Crippen molar-refractivity contribution in [3.63, 3.8) is 0 Å². The molecule has 0 radical (unpaired) electrons. The van der Waals surface area contributed by atoms with E-state index in [9.17, 15) is 4.79 Å². The second kappa shape index (κ2) is 9.68. The van der Waals surface area contributed by atoms with Gasteiger partial charge in [0.25, 0.3) is 0 Å². The number of carbonyl (C=O) groups is 1. The van der Waals surface area contributed by atoms with Crippen LogP contribution >= 0.6 is 11.8 Å². The van der Waals surface area contributed by atoms with Crippen molar-refractivity contribution in [3.8, 4) is 0 Å². The molecule has 0 aromatic rings. The van der Waals surface area contributed by atoms with Crippen LogP contribution in [0.1, 0.15) is 40.0 Å². The quantitative estimate of drug-likeness (QED) is 0.703. The molecule has 0 aliphatic heterocycles. The monoisotopic (exact) mass is 274 g/mol. The van der Waals surface area contributed by atoms with Gasteiger partial charge in [-0.15, -0.1) is 0 Å². The molecule has 2 atom stereocenters. The fourth-order valence-corrected chi connectivity index (χ4v) is 3.06. The first-order valence-electron chi connectivity index (χ1n) is 6.90. The van der Waals surface area contributed by atoms with Crippen LogP contribution < -0.4 is 5.73 Å². The lowest BCUT2D eigenvalue weighted by molar-refractivity contribution is -0.132. The predicted octanol–water partition coefficient (Wildman–Crippen LogP) is 2.60. The SMILES string of the molecule is CCC(CSC)N(C)C(=O)CC(CN)CC(C)C. The van der Waals surface area contributed by atoms with Gasteiger partial charge in [0, 0.05) is 25.3 Å². The van der Waals surface area contributed by atoms with Gasteiger partial charge in [0.2, 0.25) is 5.91 Å². The molecule has 0 aliphatic carbocycles. The number of amides is 1. The maximum Gasteiger partial charge on any atom is 0.222 e. The number of hydrogen-bond acceptors (Lipinski definition) is 3. The van der Waals surface area contributed by atoms with Crippen molar-refractivity contribution in [2.24, 2.45) is 17.6 Å². The highest BCUT2D eigenvalue weighted by Crippen LogP contribution is 2.17. The highest BCUT2D eigenvalue weighted by molar-refractivity contribution is 7.98.